The van der Waals surface area contributed by atoms with Crippen molar-refractivity contribution in [2.45, 2.75) is 39.5 Å². The van der Waals surface area contributed by atoms with Gasteiger partial charge in [-0.3, -0.25) is 0 Å². The third kappa shape index (κ3) is 4.04. The summed E-state index contributed by atoms with van der Waals surface area (Å²) in [5.41, 5.74) is 11.8. The molecule has 0 aliphatic carbocycles. The van der Waals surface area contributed by atoms with Gasteiger partial charge in [-0.2, -0.15) is 0 Å². The van der Waals surface area contributed by atoms with E-state index in [2.05, 4.69) is 119 Å². The SMILES string of the molecule is CC(C)c1cc(-c2ccccc2)cc(C(C)C)c1-c1cccc2nc(-c3cccc4c3oc3ccccc34)sc12. The van der Waals surface area contributed by atoms with E-state index in [0.29, 0.717) is 11.8 Å². The van der Waals surface area contributed by atoms with Crippen molar-refractivity contribution in [1.29, 1.82) is 0 Å². The number of furan rings is 1. The second-order valence-corrected chi connectivity index (χ2v) is 12.2. The first kappa shape index (κ1) is 24.8. The Morgan fingerprint density at radius 3 is 2.02 bits per heavy atom. The van der Waals surface area contributed by atoms with Crippen molar-refractivity contribution >= 4 is 43.5 Å². The molecule has 2 nitrogen and oxygen atoms in total. The maximum absolute atomic E-state index is 6.37. The summed E-state index contributed by atoms with van der Waals surface area (Å²) in [6.45, 7) is 9.22. The van der Waals surface area contributed by atoms with Gasteiger partial charge in [0.25, 0.3) is 0 Å². The molecule has 0 unspecified atom stereocenters. The van der Waals surface area contributed by atoms with E-state index in [4.69, 9.17) is 9.40 Å². The molecule has 0 fully saturated rings. The van der Waals surface area contributed by atoms with E-state index in [1.807, 2.05) is 12.1 Å². The third-order valence-corrected chi connectivity index (χ3v) is 9.01. The first-order chi connectivity index (χ1) is 19.5. The van der Waals surface area contributed by atoms with Gasteiger partial charge >= 0.3 is 0 Å². The van der Waals surface area contributed by atoms with Crippen molar-refractivity contribution in [3.05, 3.63) is 114 Å². The number of hydrogen-bond acceptors (Lipinski definition) is 3. The summed E-state index contributed by atoms with van der Waals surface area (Å²) >= 11 is 1.77. The number of rotatable bonds is 5. The van der Waals surface area contributed by atoms with Gasteiger partial charge < -0.3 is 4.42 Å². The van der Waals surface area contributed by atoms with Crippen molar-refractivity contribution in [3.8, 4) is 32.8 Å². The molecule has 0 bridgehead atoms. The molecular formula is C37H31NOS. The zero-order chi connectivity index (χ0) is 27.4. The fourth-order valence-corrected chi connectivity index (χ4v) is 6.99. The van der Waals surface area contributed by atoms with Gasteiger partial charge in [-0.05, 0) is 57.9 Å². The van der Waals surface area contributed by atoms with Crippen LogP contribution in [0, 0.1) is 0 Å². The highest BCUT2D eigenvalue weighted by atomic mass is 32.1. The number of thiazole rings is 1. The molecule has 7 aromatic rings. The van der Waals surface area contributed by atoms with Crippen LogP contribution < -0.4 is 0 Å². The predicted molar refractivity (Wildman–Crippen MR) is 171 cm³/mol. The van der Waals surface area contributed by atoms with Crippen LogP contribution in [-0.2, 0) is 0 Å². The topological polar surface area (TPSA) is 26.0 Å². The van der Waals surface area contributed by atoms with Crippen LogP contribution in [0.15, 0.2) is 108 Å². The summed E-state index contributed by atoms with van der Waals surface area (Å²) in [4.78, 5) is 5.16. The maximum Gasteiger partial charge on any atom is 0.145 e. The van der Waals surface area contributed by atoms with E-state index >= 15 is 0 Å². The monoisotopic (exact) mass is 537 g/mol. The van der Waals surface area contributed by atoms with Crippen molar-refractivity contribution in [2.75, 3.05) is 0 Å². The van der Waals surface area contributed by atoms with Crippen molar-refractivity contribution in [2.24, 2.45) is 0 Å². The Bertz CT molecular complexity index is 1980. The van der Waals surface area contributed by atoms with Gasteiger partial charge in [0.15, 0.2) is 0 Å². The Labute approximate surface area is 238 Å². The van der Waals surface area contributed by atoms with Crippen LogP contribution in [0.1, 0.15) is 50.7 Å². The quantitative estimate of drug-likeness (QED) is 0.218. The van der Waals surface area contributed by atoms with E-state index in [1.54, 1.807) is 11.3 Å². The van der Waals surface area contributed by atoms with Crippen LogP contribution in [0.5, 0.6) is 0 Å². The fraction of sp³-hybridized carbons (Fsp3) is 0.162. The first-order valence-corrected chi connectivity index (χ1v) is 14.8. The molecule has 3 heteroatoms. The average Bonchev–Trinajstić information content (AvgIpc) is 3.58. The molecule has 0 saturated heterocycles. The van der Waals surface area contributed by atoms with E-state index in [9.17, 15) is 0 Å². The van der Waals surface area contributed by atoms with Crippen LogP contribution >= 0.6 is 11.3 Å². The molecule has 2 aromatic heterocycles. The molecule has 0 atom stereocenters. The van der Waals surface area contributed by atoms with Gasteiger partial charge in [0, 0.05) is 16.3 Å². The molecule has 0 saturated carbocycles. The molecule has 40 heavy (non-hydrogen) atoms. The molecule has 7 rings (SSSR count). The van der Waals surface area contributed by atoms with E-state index < -0.39 is 0 Å². The van der Waals surface area contributed by atoms with Crippen LogP contribution in [0.3, 0.4) is 0 Å². The number of para-hydroxylation sites is 2. The Morgan fingerprint density at radius 1 is 0.625 bits per heavy atom. The van der Waals surface area contributed by atoms with Crippen LogP contribution in [0.4, 0.5) is 0 Å². The number of fused-ring (bicyclic) bond motifs is 4. The standard InChI is InChI=1S/C37H31NOS/c1-22(2)30-20-25(24-12-6-5-7-13-24)21-31(23(3)4)34(30)28-16-11-18-32-36(28)40-37(38-32)29-17-10-15-27-26-14-8-9-19-33(26)39-35(27)29/h5-23H,1-4H3. The number of hydrogen-bond donors (Lipinski definition) is 0. The highest BCUT2D eigenvalue weighted by Crippen LogP contribution is 2.45. The molecular weight excluding hydrogens is 506 g/mol. The Morgan fingerprint density at radius 2 is 1.27 bits per heavy atom. The van der Waals surface area contributed by atoms with E-state index in [1.165, 1.54) is 38.1 Å². The summed E-state index contributed by atoms with van der Waals surface area (Å²) < 4.78 is 7.60. The molecule has 0 aliphatic rings. The Kier molecular flexibility index (Phi) is 6.05. The molecule has 0 N–H and O–H groups in total. The fourth-order valence-electron chi connectivity index (χ4n) is 5.88. The van der Waals surface area contributed by atoms with Gasteiger partial charge in [0.2, 0.25) is 0 Å². The molecule has 0 aliphatic heterocycles. The van der Waals surface area contributed by atoms with E-state index in [-0.39, 0.29) is 0 Å². The lowest BCUT2D eigenvalue weighted by Crippen LogP contribution is -2.01. The molecule has 0 amide bonds. The normalized spacial score (nSPS) is 11.9. The zero-order valence-electron chi connectivity index (χ0n) is 23.2. The van der Waals surface area contributed by atoms with Gasteiger partial charge in [-0.25, -0.2) is 4.98 Å². The first-order valence-electron chi connectivity index (χ1n) is 14.0. The summed E-state index contributed by atoms with van der Waals surface area (Å²) in [6, 6.07) is 36.8. The zero-order valence-corrected chi connectivity index (χ0v) is 24.0. The van der Waals surface area contributed by atoms with Crippen LogP contribution in [0.2, 0.25) is 0 Å². The maximum atomic E-state index is 6.37. The van der Waals surface area contributed by atoms with E-state index in [0.717, 1.165) is 38.0 Å². The second-order valence-electron chi connectivity index (χ2n) is 11.2. The Balaban J connectivity index is 1.46. The average molecular weight is 538 g/mol. The van der Waals surface area contributed by atoms with Crippen molar-refractivity contribution in [3.63, 3.8) is 0 Å². The van der Waals surface area contributed by atoms with Gasteiger partial charge in [0.1, 0.15) is 16.2 Å². The lowest BCUT2D eigenvalue weighted by molar-refractivity contribution is 0.670. The summed E-state index contributed by atoms with van der Waals surface area (Å²) in [5, 5.41) is 3.27. The minimum atomic E-state index is 0.378. The number of nitrogens with zero attached hydrogens (tertiary/aromatic N) is 1. The minimum Gasteiger partial charge on any atom is -0.455 e. The lowest BCUT2D eigenvalue weighted by atomic mass is 9.82. The molecule has 196 valence electrons. The number of benzene rings is 5. The summed E-state index contributed by atoms with van der Waals surface area (Å²) in [6.07, 6.45) is 0. The highest BCUT2D eigenvalue weighted by Gasteiger charge is 2.22. The highest BCUT2D eigenvalue weighted by molar-refractivity contribution is 7.22. The minimum absolute atomic E-state index is 0.378. The summed E-state index contributed by atoms with van der Waals surface area (Å²) in [7, 11) is 0. The van der Waals surface area contributed by atoms with Gasteiger partial charge in [-0.1, -0.05) is 113 Å². The molecule has 5 aromatic carbocycles. The van der Waals surface area contributed by atoms with Crippen molar-refractivity contribution < 1.29 is 4.42 Å². The van der Waals surface area contributed by atoms with Gasteiger partial charge in [-0.15, -0.1) is 11.3 Å². The molecule has 0 radical (unpaired) electrons. The van der Waals surface area contributed by atoms with Crippen molar-refractivity contribution in [1.82, 2.24) is 4.98 Å². The molecule has 0 spiro atoms. The largest absolute Gasteiger partial charge is 0.455 e. The Hall–Kier alpha value is -4.21. The summed E-state index contributed by atoms with van der Waals surface area (Å²) in [5.74, 6) is 0.756. The van der Waals surface area contributed by atoms with Crippen LogP contribution in [-0.4, -0.2) is 4.98 Å². The third-order valence-electron chi connectivity index (χ3n) is 7.87. The second kappa shape index (κ2) is 9.76. The number of aromatic nitrogens is 1. The lowest BCUT2D eigenvalue weighted by Gasteiger charge is -2.22. The predicted octanol–water partition coefficient (Wildman–Crippen LogP) is 11.4. The van der Waals surface area contributed by atoms with Gasteiger partial charge in [0.05, 0.1) is 15.8 Å². The molecule has 2 heterocycles. The van der Waals surface area contributed by atoms with Crippen LogP contribution in [0.25, 0.3) is 65.0 Å². The smallest absolute Gasteiger partial charge is 0.145 e.